The van der Waals surface area contributed by atoms with Crippen LogP contribution in [-0.2, 0) is 14.2 Å². The Morgan fingerprint density at radius 1 is 0.840 bits per heavy atom. The van der Waals surface area contributed by atoms with E-state index in [0.717, 1.165) is 10.5 Å². The Morgan fingerprint density at radius 3 is 2.24 bits per heavy atom. The van der Waals surface area contributed by atoms with Gasteiger partial charge in [0, 0.05) is 10.5 Å². The van der Waals surface area contributed by atoms with Crippen molar-refractivity contribution in [3.63, 3.8) is 0 Å². The molecule has 0 aliphatic carbocycles. The van der Waals surface area contributed by atoms with Crippen molar-refractivity contribution in [2.24, 2.45) is 0 Å². The summed E-state index contributed by atoms with van der Waals surface area (Å²) in [4.78, 5) is 0.969. The highest BCUT2D eigenvalue weighted by atomic mass is 32.2. The quantitative estimate of drug-likeness (QED) is 0.876. The average Bonchev–Trinajstić information content (AvgIpc) is 2.67. The van der Waals surface area contributed by atoms with E-state index in [2.05, 4.69) is 0 Å². The molecule has 2 aromatic rings. The largest absolute Gasteiger partial charge is 0.387 e. The second-order valence-corrected chi connectivity index (χ2v) is 7.30. The molecule has 0 radical (unpaired) electrons. The molecule has 2 fully saturated rings. The molecule has 4 rings (SSSR count). The van der Waals surface area contributed by atoms with Gasteiger partial charge >= 0.3 is 0 Å². The van der Waals surface area contributed by atoms with Crippen molar-refractivity contribution in [2.75, 3.05) is 6.61 Å². The van der Waals surface area contributed by atoms with Crippen molar-refractivity contribution >= 4 is 11.8 Å². The van der Waals surface area contributed by atoms with Crippen molar-refractivity contribution in [1.29, 1.82) is 0 Å². The van der Waals surface area contributed by atoms with Crippen LogP contribution in [0.25, 0.3) is 0 Å². The summed E-state index contributed by atoms with van der Waals surface area (Å²) in [7, 11) is 0. The summed E-state index contributed by atoms with van der Waals surface area (Å²) in [5.74, 6) is 0. The van der Waals surface area contributed by atoms with Crippen LogP contribution in [0, 0.1) is 0 Å². The minimum atomic E-state index is -1.04. The fourth-order valence-corrected chi connectivity index (χ4v) is 4.17. The molecule has 5 nitrogen and oxygen atoms in total. The van der Waals surface area contributed by atoms with E-state index in [4.69, 9.17) is 14.2 Å². The summed E-state index contributed by atoms with van der Waals surface area (Å²) in [6.45, 7) is 0.305. The van der Waals surface area contributed by atoms with Crippen molar-refractivity contribution in [1.82, 2.24) is 0 Å². The smallest absolute Gasteiger partial charge is 0.184 e. The summed E-state index contributed by atoms with van der Waals surface area (Å²) in [5.41, 5.74) is 0.308. The van der Waals surface area contributed by atoms with Gasteiger partial charge in [-0.25, -0.2) is 0 Å². The van der Waals surface area contributed by atoms with Gasteiger partial charge in [-0.1, -0.05) is 60.3 Å². The summed E-state index contributed by atoms with van der Waals surface area (Å²) in [5, 5.41) is 21.0. The number of aliphatic hydroxyl groups is 2. The predicted octanol–water partition coefficient (Wildman–Crippen LogP) is 2.34. The Morgan fingerprint density at radius 2 is 1.52 bits per heavy atom. The number of fused-ring (bicyclic) bond motifs is 1. The lowest BCUT2D eigenvalue weighted by atomic mass is 9.99. The van der Waals surface area contributed by atoms with Gasteiger partial charge in [-0.05, 0) is 12.1 Å². The molecule has 132 valence electrons. The Labute approximate surface area is 150 Å². The summed E-state index contributed by atoms with van der Waals surface area (Å²) >= 11 is 1.39. The molecular formula is C19H20O5S. The molecule has 2 aliphatic heterocycles. The zero-order chi connectivity index (χ0) is 17.2. The van der Waals surface area contributed by atoms with E-state index in [1.165, 1.54) is 11.8 Å². The third kappa shape index (κ3) is 3.60. The van der Waals surface area contributed by atoms with Crippen LogP contribution in [-0.4, -0.2) is 46.7 Å². The molecular weight excluding hydrogens is 340 g/mol. The van der Waals surface area contributed by atoms with Gasteiger partial charge in [-0.3, -0.25) is 0 Å². The lowest BCUT2D eigenvalue weighted by Gasteiger charge is -2.46. The molecule has 6 atom stereocenters. The fourth-order valence-electron chi connectivity index (χ4n) is 3.09. The minimum Gasteiger partial charge on any atom is -0.387 e. The van der Waals surface area contributed by atoms with Gasteiger partial charge in [0.15, 0.2) is 6.29 Å². The van der Waals surface area contributed by atoms with Crippen LogP contribution in [0.3, 0.4) is 0 Å². The Kier molecular flexibility index (Phi) is 5.08. The highest BCUT2D eigenvalue weighted by Crippen LogP contribution is 2.38. The zero-order valence-corrected chi connectivity index (χ0v) is 14.3. The number of benzene rings is 2. The van der Waals surface area contributed by atoms with E-state index >= 15 is 0 Å². The molecule has 2 aromatic carbocycles. The summed E-state index contributed by atoms with van der Waals surface area (Å²) in [6, 6.07) is 19.2. The molecule has 0 spiro atoms. The SMILES string of the molecule is O[C@@H]1[C@@H](O)[C@H](Sc2ccccc2)O[C@@H]2CO[C@@H](c3ccccc3)O[C@@H]12. The number of thioether (sulfide) groups is 1. The molecule has 0 bridgehead atoms. The van der Waals surface area contributed by atoms with E-state index in [9.17, 15) is 10.2 Å². The van der Waals surface area contributed by atoms with E-state index in [0.29, 0.717) is 6.61 Å². The van der Waals surface area contributed by atoms with Crippen LogP contribution in [0.4, 0.5) is 0 Å². The van der Waals surface area contributed by atoms with Gasteiger partial charge in [0.25, 0.3) is 0 Å². The Hall–Kier alpha value is -1.41. The topological polar surface area (TPSA) is 68.2 Å². The minimum absolute atomic E-state index is 0.305. The van der Waals surface area contributed by atoms with Crippen LogP contribution in [0.15, 0.2) is 65.6 Å². The fraction of sp³-hybridized carbons (Fsp3) is 0.368. The first-order chi connectivity index (χ1) is 12.2. The molecule has 2 heterocycles. The van der Waals surface area contributed by atoms with Crippen molar-refractivity contribution in [3.05, 3.63) is 66.2 Å². The number of aliphatic hydroxyl groups excluding tert-OH is 2. The van der Waals surface area contributed by atoms with Crippen molar-refractivity contribution in [2.45, 2.75) is 41.0 Å². The molecule has 2 N–H and O–H groups in total. The standard InChI is InChI=1S/C19H20O5S/c20-15-16(21)19(25-13-9-5-2-6-10-13)23-14-11-22-18(24-17(14)15)12-7-3-1-4-8-12/h1-10,14-21H,11H2/t14-,15-,16-,17-,18-,19+/m1/s1. The Balaban J connectivity index is 1.46. The first kappa shape index (κ1) is 17.0. The number of hydrogen-bond donors (Lipinski definition) is 2. The van der Waals surface area contributed by atoms with Gasteiger partial charge in [-0.2, -0.15) is 0 Å². The molecule has 25 heavy (non-hydrogen) atoms. The monoisotopic (exact) mass is 360 g/mol. The maximum Gasteiger partial charge on any atom is 0.184 e. The van der Waals surface area contributed by atoms with Gasteiger partial charge in [0.05, 0.1) is 6.61 Å². The lowest BCUT2D eigenvalue weighted by Crippen LogP contribution is -2.60. The molecule has 0 unspecified atom stereocenters. The first-order valence-electron chi connectivity index (χ1n) is 8.28. The normalized spacial score (nSPS) is 35.1. The highest BCUT2D eigenvalue weighted by Gasteiger charge is 2.49. The third-order valence-corrected chi connectivity index (χ3v) is 5.57. The van der Waals surface area contributed by atoms with E-state index in [-0.39, 0.29) is 0 Å². The average molecular weight is 360 g/mol. The maximum absolute atomic E-state index is 10.6. The van der Waals surface area contributed by atoms with Crippen molar-refractivity contribution < 1.29 is 24.4 Å². The molecule has 0 aromatic heterocycles. The predicted molar refractivity (Wildman–Crippen MR) is 93.0 cm³/mol. The van der Waals surface area contributed by atoms with E-state index in [1.54, 1.807) is 0 Å². The van der Waals surface area contributed by atoms with Crippen LogP contribution in [0.5, 0.6) is 0 Å². The van der Waals surface area contributed by atoms with Gasteiger partial charge in [0.2, 0.25) is 0 Å². The molecule has 6 heteroatoms. The lowest BCUT2D eigenvalue weighted by molar-refractivity contribution is -0.318. The number of ether oxygens (including phenoxy) is 3. The second kappa shape index (κ2) is 7.45. The molecule has 0 saturated carbocycles. The first-order valence-corrected chi connectivity index (χ1v) is 9.15. The van der Waals surface area contributed by atoms with Crippen LogP contribution in [0.1, 0.15) is 11.9 Å². The van der Waals surface area contributed by atoms with Crippen LogP contribution >= 0.6 is 11.8 Å². The molecule has 2 aliphatic rings. The number of rotatable bonds is 3. The van der Waals surface area contributed by atoms with Gasteiger partial charge in [-0.15, -0.1) is 0 Å². The van der Waals surface area contributed by atoms with Gasteiger partial charge < -0.3 is 24.4 Å². The molecule has 2 saturated heterocycles. The van der Waals surface area contributed by atoms with Crippen LogP contribution in [0.2, 0.25) is 0 Å². The zero-order valence-electron chi connectivity index (χ0n) is 13.5. The maximum atomic E-state index is 10.6. The highest BCUT2D eigenvalue weighted by molar-refractivity contribution is 7.99. The second-order valence-electron chi connectivity index (χ2n) is 6.13. The third-order valence-electron chi connectivity index (χ3n) is 4.40. The number of hydrogen-bond acceptors (Lipinski definition) is 6. The molecule has 0 amide bonds. The summed E-state index contributed by atoms with van der Waals surface area (Å²) < 4.78 is 17.6. The van der Waals surface area contributed by atoms with Gasteiger partial charge in [0.1, 0.15) is 29.9 Å². The Bertz CT molecular complexity index is 681. The van der Waals surface area contributed by atoms with Crippen molar-refractivity contribution in [3.8, 4) is 0 Å². The van der Waals surface area contributed by atoms with Crippen LogP contribution < -0.4 is 0 Å². The van der Waals surface area contributed by atoms with E-state index < -0.39 is 36.1 Å². The summed E-state index contributed by atoms with van der Waals surface area (Å²) in [6.07, 6.45) is -3.68. The van der Waals surface area contributed by atoms with E-state index in [1.807, 2.05) is 60.7 Å².